The molecular weight excluding hydrogens is 234 g/mol. The topological polar surface area (TPSA) is 17.1 Å². The van der Waals surface area contributed by atoms with Crippen LogP contribution in [0, 0.1) is 11.6 Å². The van der Waals surface area contributed by atoms with Crippen molar-refractivity contribution in [1.82, 2.24) is 0 Å². The zero-order valence-corrected chi connectivity index (χ0v) is 9.64. The van der Waals surface area contributed by atoms with Crippen molar-refractivity contribution in [3.8, 4) is 0 Å². The predicted molar refractivity (Wildman–Crippen MR) is 65.3 cm³/mol. The van der Waals surface area contributed by atoms with Gasteiger partial charge in [0.15, 0.2) is 0 Å². The molecule has 18 heavy (non-hydrogen) atoms. The van der Waals surface area contributed by atoms with E-state index < -0.39 is 11.7 Å². The van der Waals surface area contributed by atoms with E-state index in [1.165, 1.54) is 18.2 Å². The van der Waals surface area contributed by atoms with Crippen LogP contribution in [0.2, 0.25) is 0 Å². The van der Waals surface area contributed by atoms with Crippen LogP contribution in [0.25, 0.3) is 0 Å². The smallest absolute Gasteiger partial charge is 0.127 e. The lowest BCUT2D eigenvalue weighted by atomic mass is 9.93. The highest BCUT2D eigenvalue weighted by molar-refractivity contribution is 5.62. The van der Waals surface area contributed by atoms with E-state index in [0.717, 1.165) is 6.29 Å². The van der Waals surface area contributed by atoms with E-state index in [9.17, 15) is 13.6 Å². The molecule has 0 saturated heterocycles. The molecule has 0 heterocycles. The van der Waals surface area contributed by atoms with Gasteiger partial charge in [-0.3, -0.25) is 0 Å². The average molecular weight is 246 g/mol. The summed E-state index contributed by atoms with van der Waals surface area (Å²) in [6.07, 6.45) is 0.959. The van der Waals surface area contributed by atoms with Crippen LogP contribution < -0.4 is 0 Å². The molecule has 0 radical (unpaired) electrons. The maximum absolute atomic E-state index is 13.5. The van der Waals surface area contributed by atoms with Crippen molar-refractivity contribution in [3.05, 3.63) is 71.3 Å². The van der Waals surface area contributed by atoms with Crippen LogP contribution in [0.15, 0.2) is 48.5 Å². The molecule has 2 aromatic rings. The fourth-order valence-electron chi connectivity index (χ4n) is 1.88. The minimum Gasteiger partial charge on any atom is -0.303 e. The summed E-state index contributed by atoms with van der Waals surface area (Å²) in [7, 11) is 0. The first-order valence-corrected chi connectivity index (χ1v) is 5.65. The number of halogens is 2. The molecule has 0 amide bonds. The molecule has 0 aliphatic rings. The summed E-state index contributed by atoms with van der Waals surface area (Å²) >= 11 is 0. The molecule has 0 fully saturated rings. The molecule has 0 bridgehead atoms. The molecule has 3 heteroatoms. The third kappa shape index (κ3) is 2.80. The number of benzene rings is 2. The fraction of sp³-hybridized carbons (Fsp3) is 0.133. The van der Waals surface area contributed by atoms with E-state index in [0.29, 0.717) is 11.1 Å². The van der Waals surface area contributed by atoms with Gasteiger partial charge in [0.05, 0.1) is 0 Å². The van der Waals surface area contributed by atoms with Crippen LogP contribution in [0.4, 0.5) is 8.78 Å². The molecular formula is C15H12F2O. The quantitative estimate of drug-likeness (QED) is 0.755. The molecule has 0 N–H and O–H groups in total. The number of rotatable bonds is 4. The summed E-state index contributed by atoms with van der Waals surface area (Å²) in [6, 6.07) is 12.1. The number of carbonyl (C=O) groups excluding carboxylic acids is 1. The normalized spacial score (nSPS) is 12.1. The van der Waals surface area contributed by atoms with Gasteiger partial charge in [0.25, 0.3) is 0 Å². The van der Waals surface area contributed by atoms with Crippen molar-refractivity contribution in [2.75, 3.05) is 0 Å². The van der Waals surface area contributed by atoms with Gasteiger partial charge in [0, 0.05) is 5.92 Å². The molecule has 2 aromatic carbocycles. The highest BCUT2D eigenvalue weighted by Crippen LogP contribution is 2.21. The largest absolute Gasteiger partial charge is 0.303 e. The van der Waals surface area contributed by atoms with Crippen LogP contribution >= 0.6 is 0 Å². The van der Waals surface area contributed by atoms with Gasteiger partial charge in [-0.15, -0.1) is 0 Å². The molecule has 0 aliphatic heterocycles. The van der Waals surface area contributed by atoms with Crippen LogP contribution in [0.1, 0.15) is 17.0 Å². The highest BCUT2D eigenvalue weighted by Gasteiger charge is 2.14. The second-order valence-corrected chi connectivity index (χ2v) is 4.09. The van der Waals surface area contributed by atoms with Crippen LogP contribution in [0.5, 0.6) is 0 Å². The summed E-state index contributed by atoms with van der Waals surface area (Å²) in [6.45, 7) is 0. The molecule has 0 saturated carbocycles. The van der Waals surface area contributed by atoms with E-state index in [-0.39, 0.29) is 12.2 Å². The highest BCUT2D eigenvalue weighted by atomic mass is 19.1. The third-order valence-electron chi connectivity index (χ3n) is 2.84. The second kappa shape index (κ2) is 5.54. The molecule has 2 rings (SSSR count). The Labute approximate surface area is 104 Å². The zero-order valence-electron chi connectivity index (χ0n) is 9.64. The standard InChI is InChI=1S/C15H12F2O/c16-14-6-3-5-11(9-14)13(10-18)8-12-4-1-2-7-15(12)17/h1-7,9-10,13H,8H2. The van der Waals surface area contributed by atoms with Crippen molar-refractivity contribution >= 4 is 6.29 Å². The zero-order chi connectivity index (χ0) is 13.0. The maximum Gasteiger partial charge on any atom is 0.127 e. The lowest BCUT2D eigenvalue weighted by molar-refractivity contribution is -0.109. The summed E-state index contributed by atoms with van der Waals surface area (Å²) in [5.41, 5.74) is 1.02. The predicted octanol–water partition coefficient (Wildman–Crippen LogP) is 3.49. The number of hydrogen-bond acceptors (Lipinski definition) is 1. The molecule has 1 atom stereocenters. The van der Waals surface area contributed by atoms with Gasteiger partial charge < -0.3 is 4.79 Å². The van der Waals surface area contributed by atoms with Crippen molar-refractivity contribution in [1.29, 1.82) is 0 Å². The lowest BCUT2D eigenvalue weighted by Crippen LogP contribution is -2.06. The van der Waals surface area contributed by atoms with Gasteiger partial charge in [-0.05, 0) is 35.7 Å². The Kier molecular flexibility index (Phi) is 3.82. The van der Waals surface area contributed by atoms with E-state index in [4.69, 9.17) is 0 Å². The Morgan fingerprint density at radius 3 is 2.50 bits per heavy atom. The lowest BCUT2D eigenvalue weighted by Gasteiger charge is -2.11. The minimum atomic E-state index is -0.530. The molecule has 0 aliphatic carbocycles. The first-order valence-electron chi connectivity index (χ1n) is 5.65. The third-order valence-corrected chi connectivity index (χ3v) is 2.84. The minimum absolute atomic E-state index is 0.236. The Hall–Kier alpha value is -2.03. The van der Waals surface area contributed by atoms with E-state index in [1.807, 2.05) is 0 Å². The Morgan fingerprint density at radius 1 is 1.06 bits per heavy atom. The summed E-state index contributed by atoms with van der Waals surface area (Å²) in [5, 5.41) is 0. The second-order valence-electron chi connectivity index (χ2n) is 4.09. The van der Waals surface area contributed by atoms with Crippen molar-refractivity contribution in [3.63, 3.8) is 0 Å². The van der Waals surface area contributed by atoms with Crippen LogP contribution in [-0.2, 0) is 11.2 Å². The molecule has 92 valence electrons. The van der Waals surface area contributed by atoms with E-state index >= 15 is 0 Å². The Bertz CT molecular complexity index is 552. The van der Waals surface area contributed by atoms with E-state index in [2.05, 4.69) is 0 Å². The monoisotopic (exact) mass is 246 g/mol. The van der Waals surface area contributed by atoms with Crippen molar-refractivity contribution in [2.45, 2.75) is 12.3 Å². The van der Waals surface area contributed by atoms with Gasteiger partial charge in [-0.25, -0.2) is 8.78 Å². The Morgan fingerprint density at radius 2 is 1.83 bits per heavy atom. The molecule has 0 aromatic heterocycles. The molecule has 1 unspecified atom stereocenters. The summed E-state index contributed by atoms with van der Waals surface area (Å²) in [5.74, 6) is -1.27. The number of carbonyl (C=O) groups is 1. The van der Waals surface area contributed by atoms with Gasteiger partial charge >= 0.3 is 0 Å². The van der Waals surface area contributed by atoms with E-state index in [1.54, 1.807) is 30.3 Å². The average Bonchev–Trinajstić information content (AvgIpc) is 2.38. The number of aldehydes is 1. The van der Waals surface area contributed by atoms with Crippen LogP contribution in [0.3, 0.4) is 0 Å². The first-order chi connectivity index (χ1) is 8.70. The first kappa shape index (κ1) is 12.4. The Balaban J connectivity index is 2.25. The van der Waals surface area contributed by atoms with Gasteiger partial charge in [0.1, 0.15) is 17.9 Å². The van der Waals surface area contributed by atoms with Crippen molar-refractivity contribution < 1.29 is 13.6 Å². The van der Waals surface area contributed by atoms with Crippen molar-refractivity contribution in [2.24, 2.45) is 0 Å². The van der Waals surface area contributed by atoms with Crippen LogP contribution in [-0.4, -0.2) is 6.29 Å². The summed E-state index contributed by atoms with van der Waals surface area (Å²) < 4.78 is 26.6. The van der Waals surface area contributed by atoms with Gasteiger partial charge in [-0.2, -0.15) is 0 Å². The maximum atomic E-state index is 13.5. The molecule has 1 nitrogen and oxygen atoms in total. The SMILES string of the molecule is O=CC(Cc1ccccc1F)c1cccc(F)c1. The summed E-state index contributed by atoms with van der Waals surface area (Å²) in [4.78, 5) is 11.1. The molecule has 0 spiro atoms. The fourth-order valence-corrected chi connectivity index (χ4v) is 1.88. The van der Waals surface area contributed by atoms with Gasteiger partial charge in [-0.1, -0.05) is 30.3 Å². The van der Waals surface area contributed by atoms with Gasteiger partial charge in [0.2, 0.25) is 0 Å². The number of hydrogen-bond donors (Lipinski definition) is 0.